The Balaban J connectivity index is 1.66. The van der Waals surface area contributed by atoms with E-state index in [0.717, 1.165) is 21.3 Å². The number of Topliss-reactive ketones (excluding diaryl/α,β-unsaturated/α-hetero) is 1. The fourth-order valence-corrected chi connectivity index (χ4v) is 3.64. The Morgan fingerprint density at radius 2 is 1.88 bits per heavy atom. The van der Waals surface area contributed by atoms with E-state index in [1.165, 1.54) is 0 Å². The van der Waals surface area contributed by atoms with Crippen LogP contribution in [0.3, 0.4) is 0 Å². The Morgan fingerprint density at radius 1 is 1.08 bits per heavy atom. The molecule has 0 saturated carbocycles. The number of carbonyl (C=O) groups is 2. The molecule has 5 heteroatoms. The maximum absolute atomic E-state index is 12.2. The molecule has 124 valence electrons. The maximum atomic E-state index is 12.2. The lowest BCUT2D eigenvalue weighted by Crippen LogP contribution is -2.31. The molecule has 0 bridgehead atoms. The molecule has 1 aliphatic heterocycles. The summed E-state index contributed by atoms with van der Waals surface area (Å²) in [4.78, 5) is 26.0. The Bertz CT molecular complexity index is 816. The lowest BCUT2D eigenvalue weighted by Gasteiger charge is -2.18. The van der Waals surface area contributed by atoms with Crippen molar-refractivity contribution in [2.75, 3.05) is 18.1 Å². The highest BCUT2D eigenvalue weighted by Crippen LogP contribution is 2.37. The number of amides is 1. The molecule has 0 saturated heterocycles. The van der Waals surface area contributed by atoms with Crippen LogP contribution < -0.4 is 9.64 Å². The Labute approximate surface area is 149 Å². The molecule has 0 unspecified atom stereocenters. The molecule has 0 fully saturated rings. The van der Waals surface area contributed by atoms with E-state index < -0.39 is 11.7 Å². The number of hydrogen-bond acceptors (Lipinski definition) is 3. The van der Waals surface area contributed by atoms with Crippen LogP contribution in [0, 0.1) is 13.8 Å². The van der Waals surface area contributed by atoms with Gasteiger partial charge in [0.05, 0.1) is 17.9 Å². The monoisotopic (exact) mass is 387 g/mol. The number of nitrogens with zero attached hydrogens (tertiary/aromatic N) is 1. The molecule has 0 atom stereocenters. The number of carbonyl (C=O) groups excluding carboxylic acids is 2. The highest BCUT2D eigenvalue weighted by atomic mass is 79.9. The largest absolute Gasteiger partial charge is 0.494 e. The molecule has 1 aliphatic rings. The predicted molar refractivity (Wildman–Crippen MR) is 96.9 cm³/mol. The van der Waals surface area contributed by atoms with Crippen molar-refractivity contribution in [2.24, 2.45) is 0 Å². The highest BCUT2D eigenvalue weighted by Gasteiger charge is 2.37. The predicted octanol–water partition coefficient (Wildman–Crippen LogP) is 4.06. The molecule has 3 rings (SSSR count). The maximum Gasteiger partial charge on any atom is 0.299 e. The van der Waals surface area contributed by atoms with E-state index in [-0.39, 0.29) is 0 Å². The molecule has 0 N–H and O–H groups in total. The van der Waals surface area contributed by atoms with Gasteiger partial charge in [-0.2, -0.15) is 0 Å². The van der Waals surface area contributed by atoms with E-state index in [1.807, 2.05) is 44.2 Å². The van der Waals surface area contributed by atoms with Gasteiger partial charge in [0.25, 0.3) is 11.7 Å². The minimum atomic E-state index is -0.466. The molecule has 0 aliphatic carbocycles. The Morgan fingerprint density at radius 3 is 2.62 bits per heavy atom. The van der Waals surface area contributed by atoms with Crippen LogP contribution in [0.15, 0.2) is 40.9 Å². The first-order chi connectivity index (χ1) is 11.5. The number of ketones is 1. The van der Waals surface area contributed by atoms with Gasteiger partial charge in [0.15, 0.2) is 0 Å². The average molecular weight is 388 g/mol. The number of fused-ring (bicyclic) bond motifs is 1. The van der Waals surface area contributed by atoms with Crippen LogP contribution in [0.1, 0.15) is 27.9 Å². The summed E-state index contributed by atoms with van der Waals surface area (Å²) < 4.78 is 6.49. The smallest absolute Gasteiger partial charge is 0.299 e. The van der Waals surface area contributed by atoms with E-state index in [0.29, 0.717) is 30.8 Å². The number of rotatable bonds is 5. The summed E-state index contributed by atoms with van der Waals surface area (Å²) in [6.07, 6.45) is 0.646. The van der Waals surface area contributed by atoms with Crippen molar-refractivity contribution in [3.05, 3.63) is 57.6 Å². The first-order valence-electron chi connectivity index (χ1n) is 7.83. The van der Waals surface area contributed by atoms with E-state index in [4.69, 9.17) is 4.74 Å². The van der Waals surface area contributed by atoms with Crippen molar-refractivity contribution in [3.8, 4) is 5.75 Å². The van der Waals surface area contributed by atoms with Crippen LogP contribution in [-0.2, 0) is 4.79 Å². The fourth-order valence-electron chi connectivity index (χ4n) is 2.85. The van der Waals surface area contributed by atoms with Gasteiger partial charge >= 0.3 is 0 Å². The van der Waals surface area contributed by atoms with Crippen LogP contribution in [0.4, 0.5) is 5.69 Å². The number of halogens is 1. The standard InChI is InChI=1S/C19H18BrNO3/c1-12-5-3-6-14(9-12)24-8-4-7-21-17-15(18(22)19(21)23)10-13(2)11-16(17)20/h3,5-6,9-11H,4,7-8H2,1-2H3. The van der Waals surface area contributed by atoms with E-state index in [1.54, 1.807) is 11.0 Å². The zero-order valence-corrected chi connectivity index (χ0v) is 15.2. The molecule has 1 amide bonds. The van der Waals surface area contributed by atoms with E-state index >= 15 is 0 Å². The molecule has 0 radical (unpaired) electrons. The van der Waals surface area contributed by atoms with Gasteiger partial charge in [0, 0.05) is 11.0 Å². The molecule has 0 aromatic heterocycles. The fraction of sp³-hybridized carbons (Fsp3) is 0.263. The summed E-state index contributed by atoms with van der Waals surface area (Å²) in [7, 11) is 0. The minimum absolute atomic E-state index is 0.436. The Kier molecular flexibility index (Phi) is 4.71. The van der Waals surface area contributed by atoms with Crippen LogP contribution in [0.25, 0.3) is 0 Å². The van der Waals surface area contributed by atoms with Crippen LogP contribution in [-0.4, -0.2) is 24.8 Å². The average Bonchev–Trinajstić information content (AvgIpc) is 2.77. The Hall–Kier alpha value is -2.14. The van der Waals surface area contributed by atoms with Crippen molar-refractivity contribution in [2.45, 2.75) is 20.3 Å². The van der Waals surface area contributed by atoms with E-state index in [9.17, 15) is 9.59 Å². The van der Waals surface area contributed by atoms with Gasteiger partial charge in [-0.15, -0.1) is 0 Å². The lowest BCUT2D eigenvalue weighted by atomic mass is 10.1. The van der Waals surface area contributed by atoms with Gasteiger partial charge < -0.3 is 9.64 Å². The van der Waals surface area contributed by atoms with Crippen molar-refractivity contribution < 1.29 is 14.3 Å². The molecular weight excluding hydrogens is 370 g/mol. The zero-order chi connectivity index (χ0) is 17.3. The topological polar surface area (TPSA) is 46.6 Å². The molecule has 0 spiro atoms. The van der Waals surface area contributed by atoms with Gasteiger partial charge in [0.2, 0.25) is 0 Å². The van der Waals surface area contributed by atoms with Gasteiger partial charge in [0.1, 0.15) is 5.75 Å². The molecule has 4 nitrogen and oxygen atoms in total. The van der Waals surface area contributed by atoms with Crippen LogP contribution in [0.5, 0.6) is 5.75 Å². The van der Waals surface area contributed by atoms with E-state index in [2.05, 4.69) is 15.9 Å². The number of benzene rings is 2. The summed E-state index contributed by atoms with van der Waals surface area (Å²) in [5, 5.41) is 0. The SMILES string of the molecule is Cc1cccc(OCCCN2C(=O)C(=O)c3cc(C)cc(Br)c32)c1. The second-order valence-corrected chi connectivity index (χ2v) is 6.80. The van der Waals surface area contributed by atoms with Crippen molar-refractivity contribution >= 4 is 33.3 Å². The third-order valence-corrected chi connectivity index (χ3v) is 4.55. The summed E-state index contributed by atoms with van der Waals surface area (Å²) in [5.74, 6) is -0.0862. The summed E-state index contributed by atoms with van der Waals surface area (Å²) in [5.41, 5.74) is 3.24. The minimum Gasteiger partial charge on any atom is -0.494 e. The third kappa shape index (κ3) is 3.22. The number of aryl methyl sites for hydroxylation is 2. The number of hydrogen-bond donors (Lipinski definition) is 0. The van der Waals surface area contributed by atoms with Crippen LogP contribution >= 0.6 is 15.9 Å². The molecule has 2 aromatic carbocycles. The summed E-state index contributed by atoms with van der Waals surface area (Å²) in [6, 6.07) is 11.5. The van der Waals surface area contributed by atoms with Crippen molar-refractivity contribution in [1.29, 1.82) is 0 Å². The van der Waals surface area contributed by atoms with Crippen molar-refractivity contribution in [1.82, 2.24) is 0 Å². The second kappa shape index (κ2) is 6.77. The first kappa shape index (κ1) is 16.7. The van der Waals surface area contributed by atoms with Crippen LogP contribution in [0.2, 0.25) is 0 Å². The summed E-state index contributed by atoms with van der Waals surface area (Å²) >= 11 is 3.47. The van der Waals surface area contributed by atoms with Gasteiger partial charge in [-0.05, 0) is 71.6 Å². The molecule has 24 heavy (non-hydrogen) atoms. The zero-order valence-electron chi connectivity index (χ0n) is 13.6. The third-order valence-electron chi connectivity index (χ3n) is 3.95. The molecule has 2 aromatic rings. The molecule has 1 heterocycles. The number of ether oxygens (including phenoxy) is 1. The van der Waals surface area contributed by atoms with Gasteiger partial charge in [-0.25, -0.2) is 0 Å². The van der Waals surface area contributed by atoms with Gasteiger partial charge in [-0.3, -0.25) is 9.59 Å². The van der Waals surface area contributed by atoms with Crippen molar-refractivity contribution in [3.63, 3.8) is 0 Å². The lowest BCUT2D eigenvalue weighted by molar-refractivity contribution is -0.114. The highest BCUT2D eigenvalue weighted by molar-refractivity contribution is 9.10. The number of anilines is 1. The quantitative estimate of drug-likeness (QED) is 0.573. The molecular formula is C19H18BrNO3. The normalized spacial score (nSPS) is 13.4. The summed E-state index contributed by atoms with van der Waals surface area (Å²) in [6.45, 7) is 4.85. The van der Waals surface area contributed by atoms with Gasteiger partial charge in [-0.1, -0.05) is 12.1 Å². The second-order valence-electron chi connectivity index (χ2n) is 5.95. The first-order valence-corrected chi connectivity index (χ1v) is 8.62.